The Kier molecular flexibility index (Phi) is 7.16. The van der Waals surface area contributed by atoms with E-state index in [1.165, 1.54) is 12.1 Å². The molecule has 5 nitrogen and oxygen atoms in total. The number of sulfonamides is 1. The second-order valence-electron chi connectivity index (χ2n) is 4.44. The van der Waals surface area contributed by atoms with Gasteiger partial charge in [0.15, 0.2) is 0 Å². The van der Waals surface area contributed by atoms with Crippen molar-refractivity contribution >= 4 is 10.0 Å². The summed E-state index contributed by atoms with van der Waals surface area (Å²) in [6.07, 6.45) is -2.55. The number of alkyl halides is 2. The number of halogens is 2. The zero-order valence-corrected chi connectivity index (χ0v) is 12.8. The van der Waals surface area contributed by atoms with Crippen LogP contribution in [-0.2, 0) is 14.8 Å². The number of ether oxygens (including phenoxy) is 1. The van der Waals surface area contributed by atoms with Crippen molar-refractivity contribution in [3.63, 3.8) is 0 Å². The Labute approximate surface area is 123 Å². The molecule has 0 spiro atoms. The molecule has 0 fully saturated rings. The monoisotopic (exact) mass is 322 g/mol. The van der Waals surface area contributed by atoms with Gasteiger partial charge in [0.05, 0.1) is 11.5 Å². The molecule has 1 aromatic carbocycles. The standard InChI is InChI=1S/C13H20F2N2O3S/c1-10(16-2)11-3-5-12(6-4-11)21(18,19)17-7-8-20-9-13(14)15/h3-6,10,13,16-17H,7-9H2,1-2H3. The molecule has 0 aliphatic heterocycles. The van der Waals surface area contributed by atoms with Gasteiger partial charge in [-0.3, -0.25) is 0 Å². The van der Waals surface area contributed by atoms with E-state index in [1.807, 2.05) is 14.0 Å². The van der Waals surface area contributed by atoms with Crippen LogP contribution in [0.15, 0.2) is 29.2 Å². The molecule has 0 bridgehead atoms. The van der Waals surface area contributed by atoms with Gasteiger partial charge in [-0.05, 0) is 31.7 Å². The first kappa shape index (κ1) is 18.0. The fourth-order valence-corrected chi connectivity index (χ4v) is 2.62. The first-order valence-electron chi connectivity index (χ1n) is 6.49. The summed E-state index contributed by atoms with van der Waals surface area (Å²) in [5.41, 5.74) is 0.969. The molecule has 0 aliphatic carbocycles. The van der Waals surface area contributed by atoms with Gasteiger partial charge >= 0.3 is 0 Å². The molecule has 1 unspecified atom stereocenters. The number of benzene rings is 1. The fourth-order valence-electron chi connectivity index (χ4n) is 1.61. The van der Waals surface area contributed by atoms with E-state index in [9.17, 15) is 17.2 Å². The molecule has 0 saturated carbocycles. The number of hydrogen-bond acceptors (Lipinski definition) is 4. The second-order valence-corrected chi connectivity index (χ2v) is 6.21. The zero-order chi connectivity index (χ0) is 15.9. The third-order valence-electron chi connectivity index (χ3n) is 2.91. The zero-order valence-electron chi connectivity index (χ0n) is 12.0. The molecule has 0 aromatic heterocycles. The fraction of sp³-hybridized carbons (Fsp3) is 0.538. The quantitative estimate of drug-likeness (QED) is 0.677. The molecule has 0 aliphatic rings. The molecule has 0 amide bonds. The van der Waals surface area contributed by atoms with E-state index in [2.05, 4.69) is 14.8 Å². The van der Waals surface area contributed by atoms with Crippen LogP contribution in [0.3, 0.4) is 0 Å². The predicted molar refractivity (Wildman–Crippen MR) is 75.9 cm³/mol. The molecule has 0 radical (unpaired) electrons. The van der Waals surface area contributed by atoms with E-state index in [0.717, 1.165) is 5.56 Å². The Morgan fingerprint density at radius 2 is 1.86 bits per heavy atom. The molecule has 21 heavy (non-hydrogen) atoms. The third-order valence-corrected chi connectivity index (χ3v) is 4.38. The third kappa shape index (κ3) is 6.04. The first-order valence-corrected chi connectivity index (χ1v) is 7.98. The van der Waals surface area contributed by atoms with E-state index >= 15 is 0 Å². The lowest BCUT2D eigenvalue weighted by molar-refractivity contribution is 0.0199. The average Bonchev–Trinajstić information content (AvgIpc) is 2.45. The molecular weight excluding hydrogens is 302 g/mol. The lowest BCUT2D eigenvalue weighted by atomic mass is 10.1. The molecule has 0 heterocycles. The molecular formula is C13H20F2N2O3S. The molecule has 1 aromatic rings. The van der Waals surface area contributed by atoms with Crippen molar-refractivity contribution in [2.45, 2.75) is 24.3 Å². The van der Waals surface area contributed by atoms with Crippen LogP contribution in [0.5, 0.6) is 0 Å². The Bertz CT molecular complexity index is 521. The van der Waals surface area contributed by atoms with Gasteiger partial charge in [0, 0.05) is 12.6 Å². The normalized spacial score (nSPS) is 13.6. The summed E-state index contributed by atoms with van der Waals surface area (Å²) in [6.45, 7) is 1.11. The molecule has 8 heteroatoms. The maximum Gasteiger partial charge on any atom is 0.261 e. The van der Waals surface area contributed by atoms with Gasteiger partial charge in [-0.1, -0.05) is 12.1 Å². The van der Waals surface area contributed by atoms with Crippen LogP contribution in [0.25, 0.3) is 0 Å². The first-order chi connectivity index (χ1) is 9.86. The van der Waals surface area contributed by atoms with Crippen LogP contribution >= 0.6 is 0 Å². The largest absolute Gasteiger partial charge is 0.374 e. The summed E-state index contributed by atoms with van der Waals surface area (Å²) in [5, 5.41) is 3.05. The highest BCUT2D eigenvalue weighted by atomic mass is 32.2. The van der Waals surface area contributed by atoms with Gasteiger partial charge < -0.3 is 10.1 Å². The summed E-state index contributed by atoms with van der Waals surface area (Å²) < 4.78 is 54.5. The van der Waals surface area contributed by atoms with Crippen molar-refractivity contribution in [3.05, 3.63) is 29.8 Å². The van der Waals surface area contributed by atoms with Gasteiger partial charge in [-0.25, -0.2) is 21.9 Å². The van der Waals surface area contributed by atoms with E-state index in [-0.39, 0.29) is 24.1 Å². The average molecular weight is 322 g/mol. The molecule has 1 atom stereocenters. The molecule has 1 rings (SSSR count). The van der Waals surface area contributed by atoms with E-state index in [0.29, 0.717) is 0 Å². The lowest BCUT2D eigenvalue weighted by Crippen LogP contribution is -2.28. The van der Waals surface area contributed by atoms with Crippen molar-refractivity contribution in [1.29, 1.82) is 0 Å². The molecule has 120 valence electrons. The van der Waals surface area contributed by atoms with Crippen LogP contribution in [0.4, 0.5) is 8.78 Å². The van der Waals surface area contributed by atoms with Gasteiger partial charge in [-0.2, -0.15) is 0 Å². The highest BCUT2D eigenvalue weighted by molar-refractivity contribution is 7.89. The van der Waals surface area contributed by atoms with Crippen LogP contribution in [0.2, 0.25) is 0 Å². The Balaban J connectivity index is 2.54. The Hall–Kier alpha value is -1.09. The van der Waals surface area contributed by atoms with Crippen molar-refractivity contribution < 1.29 is 21.9 Å². The minimum atomic E-state index is -3.65. The van der Waals surface area contributed by atoms with Gasteiger partial charge in [0.2, 0.25) is 10.0 Å². The Morgan fingerprint density at radius 1 is 1.24 bits per heavy atom. The smallest absolute Gasteiger partial charge is 0.261 e. The highest BCUT2D eigenvalue weighted by Gasteiger charge is 2.14. The van der Waals surface area contributed by atoms with Crippen molar-refractivity contribution in [3.8, 4) is 0 Å². The van der Waals surface area contributed by atoms with Crippen molar-refractivity contribution in [2.75, 3.05) is 26.8 Å². The van der Waals surface area contributed by atoms with Gasteiger partial charge in [0.1, 0.15) is 6.61 Å². The number of nitrogens with one attached hydrogen (secondary N) is 2. The second kappa shape index (κ2) is 8.38. The van der Waals surface area contributed by atoms with Crippen LogP contribution in [0, 0.1) is 0 Å². The summed E-state index contributed by atoms with van der Waals surface area (Å²) in [6, 6.07) is 6.58. The van der Waals surface area contributed by atoms with E-state index in [1.54, 1.807) is 12.1 Å². The molecule has 0 saturated heterocycles. The molecule has 2 N–H and O–H groups in total. The van der Waals surface area contributed by atoms with Gasteiger partial charge in [0.25, 0.3) is 6.43 Å². The van der Waals surface area contributed by atoms with Crippen LogP contribution in [-0.4, -0.2) is 41.6 Å². The van der Waals surface area contributed by atoms with E-state index in [4.69, 9.17) is 0 Å². The van der Waals surface area contributed by atoms with Crippen molar-refractivity contribution in [1.82, 2.24) is 10.0 Å². The van der Waals surface area contributed by atoms with Crippen LogP contribution in [0.1, 0.15) is 18.5 Å². The minimum Gasteiger partial charge on any atom is -0.374 e. The van der Waals surface area contributed by atoms with Crippen molar-refractivity contribution in [2.24, 2.45) is 0 Å². The highest BCUT2D eigenvalue weighted by Crippen LogP contribution is 2.15. The minimum absolute atomic E-state index is 0.0519. The number of rotatable bonds is 9. The topological polar surface area (TPSA) is 67.4 Å². The summed E-state index contributed by atoms with van der Waals surface area (Å²) in [7, 11) is -1.83. The summed E-state index contributed by atoms with van der Waals surface area (Å²) in [4.78, 5) is 0.128. The summed E-state index contributed by atoms with van der Waals surface area (Å²) in [5.74, 6) is 0. The maximum atomic E-state index is 11.9. The Morgan fingerprint density at radius 3 is 2.38 bits per heavy atom. The summed E-state index contributed by atoms with van der Waals surface area (Å²) >= 11 is 0. The predicted octanol–water partition coefficient (Wildman–Crippen LogP) is 1.53. The lowest BCUT2D eigenvalue weighted by Gasteiger charge is -2.12. The van der Waals surface area contributed by atoms with Crippen LogP contribution < -0.4 is 10.0 Å². The van der Waals surface area contributed by atoms with Gasteiger partial charge in [-0.15, -0.1) is 0 Å². The number of hydrogen-bond donors (Lipinski definition) is 2. The van der Waals surface area contributed by atoms with E-state index < -0.39 is 23.1 Å². The SMILES string of the molecule is CNC(C)c1ccc(S(=O)(=O)NCCOCC(F)F)cc1. The maximum absolute atomic E-state index is 11.9.